The van der Waals surface area contributed by atoms with Crippen molar-refractivity contribution in [2.24, 2.45) is 0 Å². The molecule has 0 unspecified atom stereocenters. The standard InChI is InChI=1S/C9H13N5/c1-3-14-9(11-7-12-14)6-13-5-4-10-8(13)2/h4-5,7H,3,6H2,1-2H3. The zero-order chi connectivity index (χ0) is 9.97. The van der Waals surface area contributed by atoms with E-state index in [-0.39, 0.29) is 0 Å². The van der Waals surface area contributed by atoms with Crippen LogP contribution in [-0.4, -0.2) is 24.3 Å². The summed E-state index contributed by atoms with van der Waals surface area (Å²) in [5.41, 5.74) is 0. The average molecular weight is 191 g/mol. The summed E-state index contributed by atoms with van der Waals surface area (Å²) in [6, 6.07) is 0. The van der Waals surface area contributed by atoms with Crippen molar-refractivity contribution in [3.05, 3.63) is 30.4 Å². The van der Waals surface area contributed by atoms with E-state index in [9.17, 15) is 0 Å². The third-order valence-corrected chi connectivity index (χ3v) is 2.23. The van der Waals surface area contributed by atoms with Gasteiger partial charge in [0.05, 0.1) is 6.54 Å². The van der Waals surface area contributed by atoms with E-state index in [2.05, 4.69) is 26.6 Å². The first-order chi connectivity index (χ1) is 6.81. The summed E-state index contributed by atoms with van der Waals surface area (Å²) in [5.74, 6) is 1.96. The highest BCUT2D eigenvalue weighted by Gasteiger charge is 2.04. The van der Waals surface area contributed by atoms with Gasteiger partial charge in [0.15, 0.2) is 0 Å². The summed E-state index contributed by atoms with van der Waals surface area (Å²) < 4.78 is 3.94. The predicted octanol–water partition coefficient (Wildman–Crippen LogP) is 0.851. The van der Waals surface area contributed by atoms with Crippen molar-refractivity contribution in [2.45, 2.75) is 26.9 Å². The van der Waals surface area contributed by atoms with Crippen LogP contribution in [0, 0.1) is 6.92 Å². The first-order valence-electron chi connectivity index (χ1n) is 4.65. The van der Waals surface area contributed by atoms with Crippen molar-refractivity contribution in [3.63, 3.8) is 0 Å². The predicted molar refractivity (Wildman–Crippen MR) is 51.8 cm³/mol. The lowest BCUT2D eigenvalue weighted by molar-refractivity contribution is 0.587. The van der Waals surface area contributed by atoms with Gasteiger partial charge in [-0.2, -0.15) is 5.10 Å². The molecule has 0 bridgehead atoms. The van der Waals surface area contributed by atoms with E-state index in [0.29, 0.717) is 0 Å². The zero-order valence-corrected chi connectivity index (χ0v) is 8.38. The highest BCUT2D eigenvalue weighted by Crippen LogP contribution is 2.01. The maximum absolute atomic E-state index is 4.21. The summed E-state index contributed by atoms with van der Waals surface area (Å²) in [6.45, 7) is 5.62. The van der Waals surface area contributed by atoms with Crippen LogP contribution in [-0.2, 0) is 13.1 Å². The Bertz CT molecular complexity index is 414. The molecule has 0 saturated carbocycles. The van der Waals surface area contributed by atoms with Crippen molar-refractivity contribution in [2.75, 3.05) is 0 Å². The molecular formula is C9H13N5. The maximum Gasteiger partial charge on any atom is 0.146 e. The number of hydrogen-bond donors (Lipinski definition) is 0. The van der Waals surface area contributed by atoms with Crippen LogP contribution in [0.1, 0.15) is 18.6 Å². The van der Waals surface area contributed by atoms with Gasteiger partial charge in [-0.3, -0.25) is 0 Å². The number of rotatable bonds is 3. The fraction of sp³-hybridized carbons (Fsp3) is 0.444. The fourth-order valence-electron chi connectivity index (χ4n) is 1.40. The quantitative estimate of drug-likeness (QED) is 0.722. The van der Waals surface area contributed by atoms with Crippen molar-refractivity contribution in [3.8, 4) is 0 Å². The second-order valence-corrected chi connectivity index (χ2v) is 3.09. The molecule has 74 valence electrons. The Hall–Kier alpha value is -1.65. The van der Waals surface area contributed by atoms with E-state index in [1.54, 1.807) is 12.5 Å². The number of nitrogens with zero attached hydrogens (tertiary/aromatic N) is 5. The molecule has 0 fully saturated rings. The van der Waals surface area contributed by atoms with E-state index in [4.69, 9.17) is 0 Å². The van der Waals surface area contributed by atoms with Crippen LogP contribution in [0.5, 0.6) is 0 Å². The molecule has 0 aliphatic rings. The van der Waals surface area contributed by atoms with Gasteiger partial charge < -0.3 is 4.57 Å². The molecule has 0 N–H and O–H groups in total. The Labute approximate surface area is 82.4 Å². The monoisotopic (exact) mass is 191 g/mol. The van der Waals surface area contributed by atoms with Gasteiger partial charge in [-0.15, -0.1) is 0 Å². The van der Waals surface area contributed by atoms with Gasteiger partial charge in [0.1, 0.15) is 18.0 Å². The summed E-state index contributed by atoms with van der Waals surface area (Å²) in [5, 5.41) is 4.12. The Morgan fingerprint density at radius 2 is 2.21 bits per heavy atom. The first kappa shape index (κ1) is 8.93. The lowest BCUT2D eigenvalue weighted by Gasteiger charge is -2.05. The summed E-state index contributed by atoms with van der Waals surface area (Å²) >= 11 is 0. The van der Waals surface area contributed by atoms with Crippen LogP contribution >= 0.6 is 0 Å². The van der Waals surface area contributed by atoms with Crippen LogP contribution in [0.2, 0.25) is 0 Å². The lowest BCUT2D eigenvalue weighted by atomic mass is 10.5. The Morgan fingerprint density at radius 3 is 2.86 bits per heavy atom. The molecule has 0 atom stereocenters. The van der Waals surface area contributed by atoms with Crippen LogP contribution < -0.4 is 0 Å². The highest BCUT2D eigenvalue weighted by molar-refractivity contribution is 4.94. The molecule has 0 aromatic carbocycles. The Balaban J connectivity index is 2.22. The van der Waals surface area contributed by atoms with Gasteiger partial charge in [0.25, 0.3) is 0 Å². The minimum atomic E-state index is 0.736. The molecule has 0 spiro atoms. The lowest BCUT2D eigenvalue weighted by Crippen LogP contribution is -2.09. The van der Waals surface area contributed by atoms with Gasteiger partial charge in [-0.05, 0) is 13.8 Å². The molecule has 0 amide bonds. The fourth-order valence-corrected chi connectivity index (χ4v) is 1.40. The van der Waals surface area contributed by atoms with Gasteiger partial charge in [-0.1, -0.05) is 0 Å². The van der Waals surface area contributed by atoms with Gasteiger partial charge >= 0.3 is 0 Å². The second kappa shape index (κ2) is 3.61. The van der Waals surface area contributed by atoms with Crippen molar-refractivity contribution < 1.29 is 0 Å². The number of hydrogen-bond acceptors (Lipinski definition) is 3. The van der Waals surface area contributed by atoms with Crippen molar-refractivity contribution in [1.82, 2.24) is 24.3 Å². The normalized spacial score (nSPS) is 10.7. The van der Waals surface area contributed by atoms with Crippen molar-refractivity contribution in [1.29, 1.82) is 0 Å². The maximum atomic E-state index is 4.21. The Kier molecular flexibility index (Phi) is 2.30. The van der Waals surface area contributed by atoms with Gasteiger partial charge in [0, 0.05) is 18.9 Å². The molecule has 0 saturated heterocycles. The molecule has 0 aliphatic heterocycles. The minimum Gasteiger partial charge on any atom is -0.328 e. The highest BCUT2D eigenvalue weighted by atomic mass is 15.3. The van der Waals surface area contributed by atoms with Gasteiger partial charge in [0.2, 0.25) is 0 Å². The molecule has 2 rings (SSSR count). The van der Waals surface area contributed by atoms with E-state index in [0.717, 1.165) is 24.7 Å². The number of aryl methyl sites for hydroxylation is 2. The second-order valence-electron chi connectivity index (χ2n) is 3.09. The number of imidazole rings is 1. The van der Waals surface area contributed by atoms with E-state index < -0.39 is 0 Å². The molecule has 2 aromatic heterocycles. The molecule has 2 heterocycles. The zero-order valence-electron chi connectivity index (χ0n) is 8.38. The average Bonchev–Trinajstić information content (AvgIpc) is 2.77. The molecule has 2 aromatic rings. The smallest absolute Gasteiger partial charge is 0.146 e. The van der Waals surface area contributed by atoms with Crippen LogP contribution in [0.4, 0.5) is 0 Å². The summed E-state index contributed by atoms with van der Waals surface area (Å²) in [4.78, 5) is 8.36. The molecule has 0 radical (unpaired) electrons. The van der Waals surface area contributed by atoms with E-state index in [1.807, 2.05) is 17.8 Å². The SMILES string of the molecule is CCn1ncnc1Cn1ccnc1C. The number of aromatic nitrogens is 5. The van der Waals surface area contributed by atoms with E-state index >= 15 is 0 Å². The largest absolute Gasteiger partial charge is 0.328 e. The Morgan fingerprint density at radius 1 is 1.36 bits per heavy atom. The molecule has 5 nitrogen and oxygen atoms in total. The van der Waals surface area contributed by atoms with Crippen LogP contribution in [0.25, 0.3) is 0 Å². The molecule has 14 heavy (non-hydrogen) atoms. The summed E-state index contributed by atoms with van der Waals surface area (Å²) in [7, 11) is 0. The van der Waals surface area contributed by atoms with Gasteiger partial charge in [-0.25, -0.2) is 14.6 Å². The summed E-state index contributed by atoms with van der Waals surface area (Å²) in [6.07, 6.45) is 5.33. The third-order valence-electron chi connectivity index (χ3n) is 2.23. The van der Waals surface area contributed by atoms with Crippen LogP contribution in [0.15, 0.2) is 18.7 Å². The van der Waals surface area contributed by atoms with Crippen molar-refractivity contribution >= 4 is 0 Å². The first-order valence-corrected chi connectivity index (χ1v) is 4.65. The van der Waals surface area contributed by atoms with E-state index in [1.165, 1.54) is 0 Å². The minimum absolute atomic E-state index is 0.736. The third kappa shape index (κ3) is 1.53. The molecule has 5 heteroatoms. The molecular weight excluding hydrogens is 178 g/mol. The topological polar surface area (TPSA) is 48.5 Å². The van der Waals surface area contributed by atoms with Crippen LogP contribution in [0.3, 0.4) is 0 Å². The molecule has 0 aliphatic carbocycles.